The summed E-state index contributed by atoms with van der Waals surface area (Å²) in [6.45, 7) is 19.4. The van der Waals surface area contributed by atoms with Crippen LogP contribution in [0.25, 0.3) is 17.0 Å². The number of unbranched alkanes of at least 4 members (excludes halogenated alkanes) is 2. The van der Waals surface area contributed by atoms with Gasteiger partial charge >= 0.3 is 11.9 Å². The number of amides is 2. The van der Waals surface area contributed by atoms with Crippen LogP contribution in [0, 0.1) is 17.9 Å². The molecular weight excluding hydrogens is 813 g/mol. The first-order valence-corrected chi connectivity index (χ1v) is 20.2. The molecule has 0 atom stereocenters. The summed E-state index contributed by atoms with van der Waals surface area (Å²) >= 11 is 0. The molecule has 4 aromatic rings. The normalized spacial score (nSPS) is 11.6. The highest BCUT2D eigenvalue weighted by atomic mass is 16.5. The lowest BCUT2D eigenvalue weighted by molar-refractivity contribution is -0.138. The van der Waals surface area contributed by atoms with E-state index in [1.165, 1.54) is 12.2 Å². The Hall–Kier alpha value is -8.36. The smallest absolute Gasteiger partial charge is 0.330 e. The predicted octanol–water partition coefficient (Wildman–Crippen LogP) is 9.14. The number of nitriles is 1. The number of nitrogens with one attached hydrogen (secondary N) is 2. The Labute approximate surface area is 372 Å². The summed E-state index contributed by atoms with van der Waals surface area (Å²) in [7, 11) is 0. The molecule has 2 N–H and O–H groups in total. The van der Waals surface area contributed by atoms with Gasteiger partial charge in [0.1, 0.15) is 23.1 Å². The first-order valence-electron chi connectivity index (χ1n) is 20.2. The lowest BCUT2D eigenvalue weighted by atomic mass is 10.1. The number of anilines is 2. The average molecular weight is 861 g/mol. The zero-order valence-electron chi connectivity index (χ0n) is 35.7. The van der Waals surface area contributed by atoms with Gasteiger partial charge in [-0.1, -0.05) is 61.7 Å². The highest BCUT2D eigenvalue weighted by Gasteiger charge is 2.12. The Morgan fingerprint density at radius 2 is 1.03 bits per heavy atom. The molecule has 0 heterocycles. The van der Waals surface area contributed by atoms with E-state index in [9.17, 15) is 24.4 Å². The summed E-state index contributed by atoms with van der Waals surface area (Å²) in [5.41, 5.74) is 4.94. The summed E-state index contributed by atoms with van der Waals surface area (Å²) in [5, 5.41) is 24.0. The quantitative estimate of drug-likeness (QED) is 0.0140. The maximum absolute atomic E-state index is 12.9. The first-order chi connectivity index (χ1) is 31.0. The van der Waals surface area contributed by atoms with E-state index in [4.69, 9.17) is 25.5 Å². The van der Waals surface area contributed by atoms with Crippen LogP contribution in [0.1, 0.15) is 61.8 Å². The molecule has 0 spiro atoms. The molecule has 0 saturated heterocycles. The lowest BCUT2D eigenvalue weighted by Gasteiger charge is -2.08. The van der Waals surface area contributed by atoms with Gasteiger partial charge in [0.25, 0.3) is 17.5 Å². The zero-order chi connectivity index (χ0) is 46.1. The fraction of sp³-hybridized carbons (Fsp3) is 0.200. The van der Waals surface area contributed by atoms with E-state index < -0.39 is 23.8 Å². The Bertz CT molecular complexity index is 2300. The van der Waals surface area contributed by atoms with Crippen molar-refractivity contribution in [2.75, 3.05) is 37.1 Å². The molecular formula is C50H48N6O8. The van der Waals surface area contributed by atoms with Crippen molar-refractivity contribution >= 4 is 58.7 Å². The molecule has 326 valence electrons. The monoisotopic (exact) mass is 860 g/mol. The van der Waals surface area contributed by atoms with Gasteiger partial charge in [0, 0.05) is 23.5 Å². The van der Waals surface area contributed by atoms with Gasteiger partial charge in [-0.25, -0.2) is 14.4 Å². The van der Waals surface area contributed by atoms with E-state index in [-0.39, 0.29) is 11.3 Å². The van der Waals surface area contributed by atoms with E-state index in [1.54, 1.807) is 104 Å². The molecule has 14 heteroatoms. The minimum absolute atomic E-state index is 0.0732. The molecule has 4 rings (SSSR count). The van der Waals surface area contributed by atoms with Gasteiger partial charge in [-0.3, -0.25) is 9.59 Å². The zero-order valence-corrected chi connectivity index (χ0v) is 35.7. The number of nitrogens with zero attached hydrogens (tertiary/aromatic N) is 4. The Morgan fingerprint density at radius 1 is 0.625 bits per heavy atom. The molecule has 0 aliphatic rings. The highest BCUT2D eigenvalue weighted by molar-refractivity contribution is 6.10. The van der Waals surface area contributed by atoms with E-state index in [0.29, 0.717) is 97.5 Å². The Balaban J connectivity index is 1.24. The number of carbonyl (C=O) groups excluding carboxylic acids is 4. The van der Waals surface area contributed by atoms with Gasteiger partial charge in [0.05, 0.1) is 44.4 Å². The van der Waals surface area contributed by atoms with Crippen LogP contribution in [-0.4, -0.2) is 61.6 Å². The number of benzene rings is 4. The second kappa shape index (κ2) is 26.1. The summed E-state index contributed by atoms with van der Waals surface area (Å²) in [5.74, 6) is -0.753. The molecule has 0 fully saturated rings. The summed E-state index contributed by atoms with van der Waals surface area (Å²) < 4.78 is 21.3. The standard InChI is InChI=1S/C50H48N6O8/c1-6-47(57)63-30-10-8-28-61-44-24-12-37(13-25-44)32-41(34-51)49(59)53-42-20-16-39(17-21-42)35(3)55-56-36(4)40-18-22-43(23-19-40)54-50(60)46(52-5)33-38-14-26-45(27-15-38)62-29-9-11-31-64-48(58)7-2/h6-7,12-27,32-33H,1-2,8-11,28-31H2,3-4H3,(H,53,59)(H,54,60)/b41-32+,46-33-,55-35+,56-36+. The first kappa shape index (κ1) is 48.3. The van der Waals surface area contributed by atoms with Gasteiger partial charge in [-0.2, -0.15) is 15.5 Å². The van der Waals surface area contributed by atoms with Gasteiger partial charge in [0.15, 0.2) is 0 Å². The largest absolute Gasteiger partial charge is 0.494 e. The van der Waals surface area contributed by atoms with Crippen molar-refractivity contribution < 1.29 is 38.1 Å². The Morgan fingerprint density at radius 3 is 1.44 bits per heavy atom. The highest BCUT2D eigenvalue weighted by Crippen LogP contribution is 2.19. The molecule has 0 unspecified atom stereocenters. The van der Waals surface area contributed by atoms with Crippen molar-refractivity contribution in [3.05, 3.63) is 167 Å². The topological polar surface area (TPSA) is 182 Å². The maximum Gasteiger partial charge on any atom is 0.330 e. The van der Waals surface area contributed by atoms with Crippen molar-refractivity contribution in [1.29, 1.82) is 5.26 Å². The van der Waals surface area contributed by atoms with Gasteiger partial charge in [-0.05, 0) is 122 Å². The van der Waals surface area contributed by atoms with Crippen LogP contribution in [0.4, 0.5) is 11.4 Å². The fourth-order valence-electron chi connectivity index (χ4n) is 5.44. The fourth-order valence-corrected chi connectivity index (χ4v) is 5.44. The molecule has 64 heavy (non-hydrogen) atoms. The van der Waals surface area contributed by atoms with Crippen LogP contribution in [0.5, 0.6) is 11.5 Å². The van der Waals surface area contributed by atoms with Crippen LogP contribution in [0.3, 0.4) is 0 Å². The van der Waals surface area contributed by atoms with Crippen molar-refractivity contribution in [3.63, 3.8) is 0 Å². The average Bonchev–Trinajstić information content (AvgIpc) is 3.32. The van der Waals surface area contributed by atoms with Crippen molar-refractivity contribution in [2.24, 2.45) is 10.2 Å². The van der Waals surface area contributed by atoms with Crippen LogP contribution < -0.4 is 20.1 Å². The van der Waals surface area contributed by atoms with Gasteiger partial charge in [0.2, 0.25) is 0 Å². The predicted molar refractivity (Wildman–Crippen MR) is 247 cm³/mol. The van der Waals surface area contributed by atoms with E-state index in [2.05, 4.69) is 38.8 Å². The molecule has 0 aliphatic heterocycles. The third-order valence-electron chi connectivity index (χ3n) is 9.00. The summed E-state index contributed by atoms with van der Waals surface area (Å²) in [6, 6.07) is 29.9. The molecule has 2 amide bonds. The maximum atomic E-state index is 12.9. The lowest BCUT2D eigenvalue weighted by Crippen LogP contribution is -2.13. The molecule has 0 saturated carbocycles. The SMILES string of the molecule is [C-]#[N+]/C(=C\c1ccc(OCCCCOC(=O)C=C)cc1)C(=O)Nc1ccc(/C(C)=N/N=C(\C)c2ccc(NC(=O)/C(C#N)=C/c3ccc(OCCCCOC(=O)C=C)cc3)cc2)cc1. The van der Waals surface area contributed by atoms with Crippen LogP contribution in [0.15, 0.2) is 144 Å². The minimum atomic E-state index is -0.559. The third-order valence-corrected chi connectivity index (χ3v) is 9.00. The molecule has 0 bridgehead atoms. The van der Waals surface area contributed by atoms with Crippen LogP contribution >= 0.6 is 0 Å². The second-order valence-electron chi connectivity index (χ2n) is 13.7. The number of hydrogen-bond acceptors (Lipinski definition) is 11. The van der Waals surface area contributed by atoms with Crippen LogP contribution in [0.2, 0.25) is 0 Å². The van der Waals surface area contributed by atoms with Gasteiger partial charge in [-0.15, -0.1) is 0 Å². The van der Waals surface area contributed by atoms with Crippen molar-refractivity contribution in [1.82, 2.24) is 0 Å². The molecule has 4 aromatic carbocycles. The van der Waals surface area contributed by atoms with Crippen LogP contribution in [-0.2, 0) is 28.7 Å². The number of hydrogen-bond donors (Lipinski definition) is 2. The summed E-state index contributed by atoms with van der Waals surface area (Å²) in [4.78, 5) is 51.5. The van der Waals surface area contributed by atoms with Crippen molar-refractivity contribution in [2.45, 2.75) is 39.5 Å². The van der Waals surface area contributed by atoms with E-state index in [1.807, 2.05) is 13.0 Å². The van der Waals surface area contributed by atoms with Crippen molar-refractivity contribution in [3.8, 4) is 17.6 Å². The number of esters is 2. The summed E-state index contributed by atoms with van der Waals surface area (Å²) in [6.07, 6.45) is 7.94. The van der Waals surface area contributed by atoms with E-state index in [0.717, 1.165) is 23.3 Å². The molecule has 0 aromatic heterocycles. The third kappa shape index (κ3) is 16.6. The van der Waals surface area contributed by atoms with Gasteiger partial charge < -0.3 is 29.6 Å². The number of rotatable bonds is 23. The molecule has 0 radical (unpaired) electrons. The molecule has 14 nitrogen and oxygen atoms in total. The Kier molecular flexibility index (Phi) is 19.7. The number of ether oxygens (including phenoxy) is 4. The van der Waals surface area contributed by atoms with E-state index >= 15 is 0 Å². The molecule has 0 aliphatic carbocycles. The minimum Gasteiger partial charge on any atom is -0.494 e. The number of carbonyl (C=O) groups is 4. The second-order valence-corrected chi connectivity index (χ2v) is 13.7.